The summed E-state index contributed by atoms with van der Waals surface area (Å²) >= 11 is 1.56. The zero-order valence-electron chi connectivity index (χ0n) is 17.4. The van der Waals surface area contributed by atoms with Crippen LogP contribution >= 0.6 is 11.8 Å². The van der Waals surface area contributed by atoms with Gasteiger partial charge in [0.25, 0.3) is 5.95 Å². The Hall–Kier alpha value is -3.65. The number of nitrogens with zero attached hydrogens (tertiary/aromatic N) is 4. The fraction of sp³-hybridized carbons (Fsp3) is 0.167. The van der Waals surface area contributed by atoms with Crippen LogP contribution in [0.2, 0.25) is 0 Å². The van der Waals surface area contributed by atoms with Gasteiger partial charge in [-0.1, -0.05) is 48.5 Å². The van der Waals surface area contributed by atoms with Crippen molar-refractivity contribution in [3.63, 3.8) is 0 Å². The molecule has 0 radical (unpaired) electrons. The molecule has 0 bridgehead atoms. The smallest absolute Gasteiger partial charge is 0.252 e. The zero-order chi connectivity index (χ0) is 21.9. The molecular formula is C24H21N5O2S. The predicted octanol–water partition coefficient (Wildman–Crippen LogP) is 4.32. The number of amides is 1. The minimum Gasteiger partial charge on any atom is -0.489 e. The van der Waals surface area contributed by atoms with E-state index < -0.39 is 0 Å². The molecule has 2 aromatic carbocycles. The van der Waals surface area contributed by atoms with E-state index in [0.717, 1.165) is 28.1 Å². The summed E-state index contributed by atoms with van der Waals surface area (Å²) in [4.78, 5) is 21.2. The van der Waals surface area contributed by atoms with Gasteiger partial charge in [0, 0.05) is 23.5 Å². The fourth-order valence-electron chi connectivity index (χ4n) is 3.74. The summed E-state index contributed by atoms with van der Waals surface area (Å²) in [5.41, 5.74) is 3.84. The minimum absolute atomic E-state index is 0.0847. The van der Waals surface area contributed by atoms with Crippen LogP contribution in [0.15, 0.2) is 73.1 Å². The van der Waals surface area contributed by atoms with Crippen LogP contribution in [-0.4, -0.2) is 31.4 Å². The van der Waals surface area contributed by atoms with Crippen molar-refractivity contribution in [3.8, 4) is 11.7 Å². The molecule has 0 saturated heterocycles. The zero-order valence-corrected chi connectivity index (χ0v) is 18.2. The molecule has 1 N–H and O–H groups in total. The second-order valence-corrected chi connectivity index (χ2v) is 8.45. The van der Waals surface area contributed by atoms with Gasteiger partial charge in [0.2, 0.25) is 5.91 Å². The van der Waals surface area contributed by atoms with E-state index >= 15 is 0 Å². The Morgan fingerprint density at radius 3 is 2.62 bits per heavy atom. The van der Waals surface area contributed by atoms with Crippen molar-refractivity contribution in [2.45, 2.75) is 18.8 Å². The Morgan fingerprint density at radius 1 is 1.06 bits per heavy atom. The number of aryl methyl sites for hydroxylation is 1. The van der Waals surface area contributed by atoms with Crippen LogP contribution in [0.1, 0.15) is 27.6 Å². The Balaban J connectivity index is 1.56. The highest BCUT2D eigenvalue weighted by Gasteiger charge is 2.32. The molecule has 160 valence electrons. The lowest BCUT2D eigenvalue weighted by molar-refractivity contribution is -0.113. The highest BCUT2D eigenvalue weighted by Crippen LogP contribution is 2.46. The Bertz CT molecular complexity index is 1240. The van der Waals surface area contributed by atoms with Crippen LogP contribution in [0.3, 0.4) is 0 Å². The van der Waals surface area contributed by atoms with Gasteiger partial charge in [-0.2, -0.15) is 9.78 Å². The maximum Gasteiger partial charge on any atom is 0.252 e. The first kappa shape index (κ1) is 20.3. The third-order valence-electron chi connectivity index (χ3n) is 5.19. The molecule has 1 aliphatic rings. The number of benzene rings is 2. The standard InChI is InChI=1S/C24H21N5O2S/c1-16-21-22(18-10-5-6-11-19(18)31-14-17-8-3-2-4-9-17)32-15-20(30)27-23(21)29(28-16)24-25-12-7-13-26-24/h2-13,22H,14-15H2,1H3,(H,27,30)/t22-/m0/s1. The number of para-hydroxylation sites is 1. The Morgan fingerprint density at radius 2 is 1.81 bits per heavy atom. The van der Waals surface area contributed by atoms with Crippen molar-refractivity contribution in [1.82, 2.24) is 19.7 Å². The van der Waals surface area contributed by atoms with E-state index in [4.69, 9.17) is 4.74 Å². The number of anilines is 1. The molecule has 1 atom stereocenters. The van der Waals surface area contributed by atoms with Gasteiger partial charge in [-0.05, 0) is 24.6 Å². The number of ether oxygens (including phenoxy) is 1. The van der Waals surface area contributed by atoms with Crippen LogP contribution in [0.4, 0.5) is 5.82 Å². The van der Waals surface area contributed by atoms with E-state index in [1.165, 1.54) is 0 Å². The molecule has 3 heterocycles. The largest absolute Gasteiger partial charge is 0.489 e. The van der Waals surface area contributed by atoms with Crippen LogP contribution in [0, 0.1) is 6.92 Å². The van der Waals surface area contributed by atoms with Gasteiger partial charge in [0.1, 0.15) is 18.2 Å². The number of hydrogen-bond donors (Lipinski definition) is 1. The van der Waals surface area contributed by atoms with Gasteiger partial charge in [0.15, 0.2) is 0 Å². The number of hydrogen-bond acceptors (Lipinski definition) is 6. The molecule has 1 aliphatic heterocycles. The third-order valence-corrected chi connectivity index (χ3v) is 6.44. The number of nitrogens with one attached hydrogen (secondary N) is 1. The van der Waals surface area contributed by atoms with Gasteiger partial charge in [0.05, 0.1) is 16.7 Å². The van der Waals surface area contributed by atoms with E-state index in [1.54, 1.807) is 34.9 Å². The summed E-state index contributed by atoms with van der Waals surface area (Å²) in [6.07, 6.45) is 3.31. The molecule has 2 aromatic heterocycles. The Kier molecular flexibility index (Phi) is 5.60. The number of thioether (sulfide) groups is 1. The summed E-state index contributed by atoms with van der Waals surface area (Å²) in [6.45, 7) is 2.41. The first-order valence-electron chi connectivity index (χ1n) is 10.2. The average Bonchev–Trinajstić information content (AvgIpc) is 3.04. The Labute approximate surface area is 189 Å². The van der Waals surface area contributed by atoms with E-state index in [2.05, 4.69) is 20.4 Å². The van der Waals surface area contributed by atoms with Crippen LogP contribution in [0.25, 0.3) is 5.95 Å². The lowest BCUT2D eigenvalue weighted by Crippen LogP contribution is -2.16. The molecule has 8 heteroatoms. The maximum absolute atomic E-state index is 12.6. The highest BCUT2D eigenvalue weighted by molar-refractivity contribution is 8.00. The van der Waals surface area contributed by atoms with Crippen molar-refractivity contribution >= 4 is 23.5 Å². The summed E-state index contributed by atoms with van der Waals surface area (Å²) in [7, 11) is 0. The van der Waals surface area contributed by atoms with Gasteiger partial charge in [-0.3, -0.25) is 4.79 Å². The number of carbonyl (C=O) groups excluding carboxylic acids is 1. The molecule has 7 nitrogen and oxygen atoms in total. The molecule has 32 heavy (non-hydrogen) atoms. The van der Waals surface area contributed by atoms with Gasteiger partial charge in [-0.15, -0.1) is 11.8 Å². The van der Waals surface area contributed by atoms with E-state index in [9.17, 15) is 4.79 Å². The quantitative estimate of drug-likeness (QED) is 0.495. The molecule has 5 rings (SSSR count). The predicted molar refractivity (Wildman–Crippen MR) is 124 cm³/mol. The lowest BCUT2D eigenvalue weighted by Gasteiger charge is -2.19. The van der Waals surface area contributed by atoms with Crippen LogP contribution < -0.4 is 10.1 Å². The first-order chi connectivity index (χ1) is 15.7. The molecular weight excluding hydrogens is 422 g/mol. The minimum atomic E-state index is -0.131. The number of aromatic nitrogens is 4. The molecule has 0 aliphatic carbocycles. The fourth-order valence-corrected chi connectivity index (χ4v) is 4.95. The second-order valence-electron chi connectivity index (χ2n) is 7.36. The van der Waals surface area contributed by atoms with Crippen LogP contribution in [-0.2, 0) is 11.4 Å². The maximum atomic E-state index is 12.6. The van der Waals surface area contributed by atoms with Crippen molar-refractivity contribution in [2.24, 2.45) is 0 Å². The number of rotatable bonds is 5. The van der Waals surface area contributed by atoms with Crippen molar-refractivity contribution in [2.75, 3.05) is 11.1 Å². The van der Waals surface area contributed by atoms with Gasteiger partial charge < -0.3 is 10.1 Å². The van der Waals surface area contributed by atoms with Crippen molar-refractivity contribution in [1.29, 1.82) is 0 Å². The SMILES string of the molecule is Cc1nn(-c2ncccn2)c2c1[C@H](c1ccccc1OCc1ccccc1)SCC(=O)N2. The van der Waals surface area contributed by atoms with Crippen molar-refractivity contribution in [3.05, 3.63) is 95.4 Å². The molecule has 0 unspecified atom stereocenters. The lowest BCUT2D eigenvalue weighted by atomic mass is 10.0. The number of fused-ring (bicyclic) bond motifs is 1. The molecule has 0 saturated carbocycles. The topological polar surface area (TPSA) is 81.9 Å². The summed E-state index contributed by atoms with van der Waals surface area (Å²) < 4.78 is 7.83. The molecule has 4 aromatic rings. The first-order valence-corrected chi connectivity index (χ1v) is 11.3. The van der Waals surface area contributed by atoms with E-state index in [1.807, 2.05) is 61.5 Å². The van der Waals surface area contributed by atoms with Gasteiger partial charge >= 0.3 is 0 Å². The summed E-state index contributed by atoms with van der Waals surface area (Å²) in [6, 6.07) is 19.8. The van der Waals surface area contributed by atoms with Gasteiger partial charge in [-0.25, -0.2) is 9.97 Å². The third kappa shape index (κ3) is 3.97. The number of carbonyl (C=O) groups is 1. The molecule has 0 fully saturated rings. The average molecular weight is 444 g/mol. The monoisotopic (exact) mass is 443 g/mol. The highest BCUT2D eigenvalue weighted by atomic mass is 32.2. The summed E-state index contributed by atoms with van der Waals surface area (Å²) in [5, 5.41) is 7.54. The molecule has 1 amide bonds. The van der Waals surface area contributed by atoms with E-state index in [0.29, 0.717) is 24.1 Å². The molecule has 0 spiro atoms. The van der Waals surface area contributed by atoms with E-state index in [-0.39, 0.29) is 11.2 Å². The summed E-state index contributed by atoms with van der Waals surface area (Å²) in [5.74, 6) is 2.04. The van der Waals surface area contributed by atoms with Crippen LogP contribution in [0.5, 0.6) is 5.75 Å². The second kappa shape index (κ2) is 8.84. The van der Waals surface area contributed by atoms with Crippen molar-refractivity contribution < 1.29 is 9.53 Å². The normalized spacial score (nSPS) is 15.5.